The molecule has 2 amide bonds. The highest BCUT2D eigenvalue weighted by Gasteiger charge is 2.58. The third-order valence-corrected chi connectivity index (χ3v) is 8.85. The zero-order valence-corrected chi connectivity index (χ0v) is 18.5. The van der Waals surface area contributed by atoms with E-state index < -0.39 is 20.5 Å². The maximum Gasteiger partial charge on any atom is 0.254 e. The van der Waals surface area contributed by atoms with Gasteiger partial charge in [0, 0.05) is 43.6 Å². The number of carbonyl (C=O) groups excluding carboxylic acids is 2. The Hall–Kier alpha value is -2.87. The number of amides is 2. The molecule has 0 N–H and O–H groups in total. The van der Waals surface area contributed by atoms with Crippen LogP contribution in [-0.2, 0) is 21.2 Å². The average molecular weight is 443 g/mol. The molecular weight excluding hydrogens is 416 g/mol. The van der Waals surface area contributed by atoms with Gasteiger partial charge in [-0.2, -0.15) is 0 Å². The summed E-state index contributed by atoms with van der Waals surface area (Å²) in [6.07, 6.45) is 0.422. The van der Waals surface area contributed by atoms with Gasteiger partial charge in [0.25, 0.3) is 5.91 Å². The SMILES string of the molecule is COc1cccc(C(=O)N2CCC3(CC2)N(Cc2ccccc2)C(=O)CS3(=O)=O)c1C. The first-order chi connectivity index (χ1) is 14.8. The van der Waals surface area contributed by atoms with Crippen molar-refractivity contribution in [1.29, 1.82) is 0 Å². The van der Waals surface area contributed by atoms with Crippen molar-refractivity contribution in [2.45, 2.75) is 31.2 Å². The molecule has 0 radical (unpaired) electrons. The van der Waals surface area contributed by atoms with E-state index in [2.05, 4.69) is 0 Å². The summed E-state index contributed by atoms with van der Waals surface area (Å²) in [5.74, 6) is -0.352. The van der Waals surface area contributed by atoms with Gasteiger partial charge in [-0.1, -0.05) is 36.4 Å². The van der Waals surface area contributed by atoms with Gasteiger partial charge in [-0.15, -0.1) is 0 Å². The monoisotopic (exact) mass is 442 g/mol. The van der Waals surface area contributed by atoms with Gasteiger partial charge in [0.2, 0.25) is 5.91 Å². The topological polar surface area (TPSA) is 84.0 Å². The molecule has 0 atom stereocenters. The zero-order valence-electron chi connectivity index (χ0n) is 17.7. The summed E-state index contributed by atoms with van der Waals surface area (Å²) in [6, 6.07) is 14.7. The normalized spacial score (nSPS) is 19.6. The molecule has 164 valence electrons. The van der Waals surface area contributed by atoms with Crippen LogP contribution in [0.15, 0.2) is 48.5 Å². The molecule has 2 heterocycles. The van der Waals surface area contributed by atoms with Crippen molar-refractivity contribution < 1.29 is 22.7 Å². The Labute approximate surface area is 182 Å². The first-order valence-electron chi connectivity index (χ1n) is 10.3. The van der Waals surface area contributed by atoms with E-state index in [-0.39, 0.29) is 44.3 Å². The predicted octanol–water partition coefficient (Wildman–Crippen LogP) is 2.39. The number of methoxy groups -OCH3 is 1. The van der Waals surface area contributed by atoms with Gasteiger partial charge >= 0.3 is 0 Å². The molecule has 2 aromatic rings. The fourth-order valence-electron chi connectivity index (χ4n) is 4.65. The van der Waals surface area contributed by atoms with Crippen LogP contribution >= 0.6 is 0 Å². The molecule has 2 aliphatic heterocycles. The number of piperidine rings is 1. The van der Waals surface area contributed by atoms with Gasteiger partial charge in [-0.3, -0.25) is 9.59 Å². The summed E-state index contributed by atoms with van der Waals surface area (Å²) in [5, 5.41) is 0. The first-order valence-corrected chi connectivity index (χ1v) is 11.9. The largest absolute Gasteiger partial charge is 0.496 e. The Balaban J connectivity index is 1.57. The summed E-state index contributed by atoms with van der Waals surface area (Å²) in [6.45, 7) is 2.63. The molecule has 4 rings (SSSR count). The van der Waals surface area contributed by atoms with Gasteiger partial charge < -0.3 is 14.5 Å². The van der Waals surface area contributed by atoms with E-state index in [4.69, 9.17) is 4.74 Å². The van der Waals surface area contributed by atoms with Crippen LogP contribution < -0.4 is 4.74 Å². The van der Waals surface area contributed by atoms with Crippen LogP contribution in [0.2, 0.25) is 0 Å². The Kier molecular flexibility index (Phi) is 5.51. The van der Waals surface area contributed by atoms with Crippen LogP contribution in [0.25, 0.3) is 0 Å². The third-order valence-electron chi connectivity index (χ3n) is 6.44. The van der Waals surface area contributed by atoms with E-state index in [1.165, 1.54) is 4.90 Å². The molecule has 0 bridgehead atoms. The van der Waals surface area contributed by atoms with Gasteiger partial charge in [0.05, 0.1) is 7.11 Å². The van der Waals surface area contributed by atoms with Gasteiger partial charge in [0.1, 0.15) is 16.4 Å². The molecule has 0 unspecified atom stereocenters. The third kappa shape index (κ3) is 3.59. The van der Waals surface area contributed by atoms with Crippen molar-refractivity contribution in [2.75, 3.05) is 26.0 Å². The van der Waals surface area contributed by atoms with Crippen molar-refractivity contribution in [1.82, 2.24) is 9.80 Å². The molecule has 2 aromatic carbocycles. The minimum Gasteiger partial charge on any atom is -0.496 e. The molecule has 0 saturated carbocycles. The van der Waals surface area contributed by atoms with Gasteiger partial charge in [-0.25, -0.2) is 8.42 Å². The second kappa shape index (κ2) is 8.00. The van der Waals surface area contributed by atoms with Crippen LogP contribution in [0.1, 0.15) is 34.3 Å². The lowest BCUT2D eigenvalue weighted by molar-refractivity contribution is -0.131. The molecule has 31 heavy (non-hydrogen) atoms. The number of hydrogen-bond acceptors (Lipinski definition) is 5. The number of hydrogen-bond donors (Lipinski definition) is 0. The predicted molar refractivity (Wildman–Crippen MR) is 116 cm³/mol. The number of nitrogens with zero attached hydrogens (tertiary/aromatic N) is 2. The van der Waals surface area contributed by atoms with Crippen molar-refractivity contribution in [3.63, 3.8) is 0 Å². The summed E-state index contributed by atoms with van der Waals surface area (Å²) >= 11 is 0. The van der Waals surface area contributed by atoms with Gasteiger partial charge in [-0.05, 0) is 24.6 Å². The Morgan fingerprint density at radius 3 is 2.39 bits per heavy atom. The smallest absolute Gasteiger partial charge is 0.254 e. The summed E-state index contributed by atoms with van der Waals surface area (Å²) in [5.41, 5.74) is 2.18. The molecule has 1 spiro atoms. The number of benzene rings is 2. The van der Waals surface area contributed by atoms with E-state index in [1.54, 1.807) is 30.2 Å². The standard InChI is InChI=1S/C23H26N2O5S/c1-17-19(9-6-10-20(17)30-2)22(27)24-13-11-23(12-14-24)25(21(26)16-31(23,28)29)15-18-7-4-3-5-8-18/h3-10H,11-16H2,1-2H3. The van der Waals surface area contributed by atoms with Crippen molar-refractivity contribution in [3.8, 4) is 5.75 Å². The fraction of sp³-hybridized carbons (Fsp3) is 0.391. The van der Waals surface area contributed by atoms with Gasteiger partial charge in [0.15, 0.2) is 9.84 Å². The van der Waals surface area contributed by atoms with Crippen LogP contribution in [0, 0.1) is 6.92 Å². The lowest BCUT2D eigenvalue weighted by Gasteiger charge is -2.43. The Morgan fingerprint density at radius 1 is 1.06 bits per heavy atom. The lowest BCUT2D eigenvalue weighted by atomic mass is 9.99. The first kappa shape index (κ1) is 21.4. The minimum absolute atomic E-state index is 0.150. The van der Waals surface area contributed by atoms with Crippen molar-refractivity contribution in [2.24, 2.45) is 0 Å². The maximum atomic E-state index is 13.1. The van der Waals surface area contributed by atoms with Crippen molar-refractivity contribution in [3.05, 3.63) is 65.2 Å². The summed E-state index contributed by atoms with van der Waals surface area (Å²) in [4.78, 5) is 27.7. The maximum absolute atomic E-state index is 13.1. The zero-order chi connectivity index (χ0) is 22.2. The van der Waals surface area contributed by atoms with Crippen LogP contribution in [0.5, 0.6) is 5.75 Å². The highest BCUT2D eigenvalue weighted by Crippen LogP contribution is 2.41. The molecule has 0 aliphatic carbocycles. The van der Waals surface area contributed by atoms with Crippen LogP contribution in [0.4, 0.5) is 0 Å². The molecule has 8 heteroatoms. The van der Waals surface area contributed by atoms with Crippen molar-refractivity contribution >= 4 is 21.7 Å². The minimum atomic E-state index is -3.64. The molecule has 7 nitrogen and oxygen atoms in total. The van der Waals surface area contributed by atoms with E-state index in [0.29, 0.717) is 11.3 Å². The van der Waals surface area contributed by atoms with Crippen LogP contribution in [0.3, 0.4) is 0 Å². The quantitative estimate of drug-likeness (QED) is 0.726. The number of sulfone groups is 1. The second-order valence-electron chi connectivity index (χ2n) is 8.10. The molecule has 2 saturated heterocycles. The number of ether oxygens (including phenoxy) is 1. The molecule has 2 aliphatic rings. The summed E-state index contributed by atoms with van der Waals surface area (Å²) in [7, 11) is -2.08. The van der Waals surface area contributed by atoms with E-state index in [0.717, 1.165) is 11.1 Å². The number of rotatable bonds is 4. The molecular formula is C23H26N2O5S. The Morgan fingerprint density at radius 2 is 1.74 bits per heavy atom. The molecule has 0 aromatic heterocycles. The number of carbonyl (C=O) groups is 2. The van der Waals surface area contributed by atoms with E-state index >= 15 is 0 Å². The van der Waals surface area contributed by atoms with Crippen LogP contribution in [-0.4, -0.2) is 60.9 Å². The highest BCUT2D eigenvalue weighted by molar-refractivity contribution is 7.93. The van der Waals surface area contributed by atoms with E-state index in [9.17, 15) is 18.0 Å². The molecule has 2 fully saturated rings. The average Bonchev–Trinajstić information content (AvgIpc) is 2.94. The number of likely N-dealkylation sites (tertiary alicyclic amines) is 1. The van der Waals surface area contributed by atoms with E-state index in [1.807, 2.05) is 37.3 Å². The Bertz CT molecular complexity index is 1110. The summed E-state index contributed by atoms with van der Waals surface area (Å²) < 4.78 is 31.4. The second-order valence-corrected chi connectivity index (χ2v) is 10.4. The fourth-order valence-corrected chi connectivity index (χ4v) is 6.70. The highest BCUT2D eigenvalue weighted by atomic mass is 32.2. The lowest BCUT2D eigenvalue weighted by Crippen LogP contribution is -2.56.